The summed E-state index contributed by atoms with van der Waals surface area (Å²) in [7, 11) is -2.75. The van der Waals surface area contributed by atoms with Crippen molar-refractivity contribution in [3.05, 3.63) is 38.9 Å². The highest BCUT2D eigenvalue weighted by atomic mass is 79.9. The highest BCUT2D eigenvalue weighted by Crippen LogP contribution is 2.31. The van der Waals surface area contributed by atoms with Gasteiger partial charge < -0.3 is 4.74 Å². The van der Waals surface area contributed by atoms with Crippen LogP contribution in [0.2, 0.25) is 10.0 Å². The first-order chi connectivity index (χ1) is 11.3. The highest BCUT2D eigenvalue weighted by molar-refractivity contribution is 9.10. The molecule has 0 aliphatic heterocycles. The van der Waals surface area contributed by atoms with E-state index in [9.17, 15) is 8.42 Å². The topological polar surface area (TPSA) is 98.5 Å². The number of aromatic nitrogens is 4. The van der Waals surface area contributed by atoms with Gasteiger partial charge in [-0.05, 0) is 28.1 Å². The zero-order valence-electron chi connectivity index (χ0n) is 11.9. The maximum absolute atomic E-state index is 12.5. The third kappa shape index (κ3) is 3.02. The van der Waals surface area contributed by atoms with Crippen LogP contribution in [0.1, 0.15) is 0 Å². The van der Waals surface area contributed by atoms with E-state index < -0.39 is 15.2 Å². The second-order valence-electron chi connectivity index (χ2n) is 4.42. The van der Waals surface area contributed by atoms with Crippen LogP contribution in [-0.2, 0) is 10.0 Å². The first-order valence-electron chi connectivity index (χ1n) is 6.25. The number of methoxy groups -OCH3 is 1. The van der Waals surface area contributed by atoms with Gasteiger partial charge in [0.15, 0.2) is 5.65 Å². The number of fused-ring (bicyclic) bond motifs is 1. The van der Waals surface area contributed by atoms with Gasteiger partial charge in [-0.25, -0.2) is 4.98 Å². The van der Waals surface area contributed by atoms with Gasteiger partial charge in [0, 0.05) is 0 Å². The van der Waals surface area contributed by atoms with E-state index >= 15 is 0 Å². The third-order valence-electron chi connectivity index (χ3n) is 2.89. The SMILES string of the molecule is COc1ncc(Br)c2nc(S(=O)(=O)Nc3c(Cl)cccc3Cl)nn12. The van der Waals surface area contributed by atoms with Crippen molar-refractivity contribution >= 4 is 60.5 Å². The van der Waals surface area contributed by atoms with Crippen molar-refractivity contribution in [1.82, 2.24) is 19.6 Å². The highest BCUT2D eigenvalue weighted by Gasteiger charge is 2.25. The van der Waals surface area contributed by atoms with E-state index in [1.54, 1.807) is 6.07 Å². The van der Waals surface area contributed by atoms with Crippen molar-refractivity contribution in [3.63, 3.8) is 0 Å². The molecule has 0 aliphatic carbocycles. The average Bonchev–Trinajstić information content (AvgIpc) is 2.99. The molecule has 12 heteroatoms. The van der Waals surface area contributed by atoms with Gasteiger partial charge in [-0.2, -0.15) is 17.9 Å². The van der Waals surface area contributed by atoms with Gasteiger partial charge in [0.1, 0.15) is 0 Å². The summed E-state index contributed by atoms with van der Waals surface area (Å²) in [6, 6.07) is 4.69. The van der Waals surface area contributed by atoms with Gasteiger partial charge in [-0.1, -0.05) is 29.3 Å². The number of para-hydroxylation sites is 1. The Morgan fingerprint density at radius 1 is 1.29 bits per heavy atom. The Morgan fingerprint density at radius 2 is 1.96 bits per heavy atom. The van der Waals surface area contributed by atoms with Crippen LogP contribution in [-0.4, -0.2) is 35.1 Å². The standard InChI is InChI=1S/C12H8BrCl2N5O3S/c1-23-12-16-5-6(13)10-17-11(18-20(10)12)24(21,22)19-9-7(14)3-2-4-8(9)15/h2-5,19H,1H3. The van der Waals surface area contributed by atoms with Crippen molar-refractivity contribution in [3.8, 4) is 6.01 Å². The molecule has 8 nitrogen and oxygen atoms in total. The number of nitrogens with zero attached hydrogens (tertiary/aromatic N) is 4. The maximum Gasteiger partial charge on any atom is 0.319 e. The Labute approximate surface area is 154 Å². The first kappa shape index (κ1) is 17.2. The molecule has 0 aliphatic rings. The lowest BCUT2D eigenvalue weighted by Gasteiger charge is -2.08. The van der Waals surface area contributed by atoms with Crippen molar-refractivity contribution < 1.29 is 13.2 Å². The minimum Gasteiger partial charge on any atom is -0.467 e. The van der Waals surface area contributed by atoms with E-state index in [2.05, 4.69) is 35.7 Å². The fourth-order valence-corrected chi connectivity index (χ4v) is 3.77. The minimum atomic E-state index is -4.13. The molecule has 1 N–H and O–H groups in total. The molecule has 0 unspecified atom stereocenters. The van der Waals surface area contributed by atoms with Crippen LogP contribution < -0.4 is 9.46 Å². The predicted octanol–water partition coefficient (Wildman–Crippen LogP) is 3.00. The molecule has 2 aromatic heterocycles. The molecule has 0 saturated carbocycles. The normalized spacial score (nSPS) is 11.7. The maximum atomic E-state index is 12.5. The molecule has 1 aromatic carbocycles. The summed E-state index contributed by atoms with van der Waals surface area (Å²) < 4.78 is 34.0. The number of sulfonamides is 1. The summed E-state index contributed by atoms with van der Waals surface area (Å²) in [5.74, 6) is 0. The summed E-state index contributed by atoms with van der Waals surface area (Å²) in [5, 5.41) is 3.74. The van der Waals surface area contributed by atoms with Gasteiger partial charge in [-0.15, -0.1) is 5.10 Å². The molecule has 3 aromatic rings. The quantitative estimate of drug-likeness (QED) is 0.653. The van der Waals surface area contributed by atoms with E-state index in [1.165, 1.54) is 25.4 Å². The molecule has 2 heterocycles. The molecule has 126 valence electrons. The predicted molar refractivity (Wildman–Crippen MR) is 92.3 cm³/mol. The van der Waals surface area contributed by atoms with Crippen LogP contribution in [0.5, 0.6) is 6.01 Å². The summed E-state index contributed by atoms with van der Waals surface area (Å²) in [5.41, 5.74) is 0.274. The van der Waals surface area contributed by atoms with Crippen LogP contribution in [0.25, 0.3) is 5.65 Å². The number of halogens is 3. The number of benzene rings is 1. The van der Waals surface area contributed by atoms with Crippen molar-refractivity contribution in [1.29, 1.82) is 0 Å². The molecule has 0 saturated heterocycles. The zero-order chi connectivity index (χ0) is 17.5. The monoisotopic (exact) mass is 451 g/mol. The Bertz CT molecular complexity index is 1020. The van der Waals surface area contributed by atoms with Crippen molar-refractivity contribution in [2.24, 2.45) is 0 Å². The largest absolute Gasteiger partial charge is 0.467 e. The van der Waals surface area contributed by atoms with E-state index in [1.807, 2.05) is 0 Å². The lowest BCUT2D eigenvalue weighted by molar-refractivity contribution is 0.366. The van der Waals surface area contributed by atoms with Gasteiger partial charge in [-0.3, -0.25) is 4.72 Å². The number of rotatable bonds is 4. The Balaban J connectivity index is 2.11. The molecule has 0 amide bonds. The Morgan fingerprint density at radius 3 is 2.58 bits per heavy atom. The molecule has 0 fully saturated rings. The minimum absolute atomic E-state index is 0.0452. The molecular formula is C12H8BrCl2N5O3S. The lowest BCUT2D eigenvalue weighted by Crippen LogP contribution is -2.15. The van der Waals surface area contributed by atoms with Crippen LogP contribution in [0.4, 0.5) is 5.69 Å². The number of hydrogen-bond donors (Lipinski definition) is 1. The van der Waals surface area contributed by atoms with Gasteiger partial charge >= 0.3 is 6.01 Å². The van der Waals surface area contributed by atoms with Gasteiger partial charge in [0.2, 0.25) is 0 Å². The summed E-state index contributed by atoms with van der Waals surface area (Å²) in [4.78, 5) is 7.96. The first-order valence-corrected chi connectivity index (χ1v) is 9.29. The summed E-state index contributed by atoms with van der Waals surface area (Å²) in [6.07, 6.45) is 1.43. The Kier molecular flexibility index (Phi) is 4.56. The molecule has 0 bridgehead atoms. The third-order valence-corrected chi connectivity index (χ3v) is 5.21. The molecule has 3 rings (SSSR count). The van der Waals surface area contributed by atoms with Gasteiger partial charge in [0.05, 0.1) is 33.5 Å². The second-order valence-corrected chi connectivity index (χ2v) is 7.67. The smallest absolute Gasteiger partial charge is 0.319 e. The lowest BCUT2D eigenvalue weighted by atomic mass is 10.3. The van der Waals surface area contributed by atoms with E-state index in [4.69, 9.17) is 27.9 Å². The molecule has 24 heavy (non-hydrogen) atoms. The van der Waals surface area contributed by atoms with Crippen molar-refractivity contribution in [2.45, 2.75) is 5.16 Å². The van der Waals surface area contributed by atoms with Crippen LogP contribution >= 0.6 is 39.1 Å². The number of anilines is 1. The zero-order valence-corrected chi connectivity index (χ0v) is 15.8. The van der Waals surface area contributed by atoms with Crippen LogP contribution in [0.15, 0.2) is 34.0 Å². The molecule has 0 spiro atoms. The van der Waals surface area contributed by atoms with Gasteiger partial charge in [0.25, 0.3) is 15.2 Å². The average molecular weight is 453 g/mol. The summed E-state index contributed by atoms with van der Waals surface area (Å²) in [6.45, 7) is 0. The fraction of sp³-hybridized carbons (Fsp3) is 0.0833. The molecule has 0 atom stereocenters. The second kappa shape index (κ2) is 6.36. The number of nitrogens with one attached hydrogen (secondary N) is 1. The van der Waals surface area contributed by atoms with E-state index in [0.29, 0.717) is 4.47 Å². The molecule has 0 radical (unpaired) electrons. The molecular weight excluding hydrogens is 445 g/mol. The van der Waals surface area contributed by atoms with E-state index in [0.717, 1.165) is 4.52 Å². The van der Waals surface area contributed by atoms with E-state index in [-0.39, 0.29) is 27.4 Å². The van der Waals surface area contributed by atoms with Crippen LogP contribution in [0.3, 0.4) is 0 Å². The summed E-state index contributed by atoms with van der Waals surface area (Å²) >= 11 is 15.2. The van der Waals surface area contributed by atoms with Crippen molar-refractivity contribution in [2.75, 3.05) is 11.8 Å². The van der Waals surface area contributed by atoms with Crippen LogP contribution in [0, 0.1) is 0 Å². The Hall–Kier alpha value is -1.62. The number of ether oxygens (including phenoxy) is 1. The fourth-order valence-electron chi connectivity index (χ4n) is 1.83. The number of hydrogen-bond acceptors (Lipinski definition) is 6.